The van der Waals surface area contributed by atoms with Gasteiger partial charge in [0, 0.05) is 12.3 Å². The van der Waals surface area contributed by atoms with Gasteiger partial charge in [-0.1, -0.05) is 39.8 Å². The number of carboxylic acid groups (broad SMARTS) is 1. The molecule has 5 aliphatic rings. The third-order valence-electron chi connectivity index (χ3n) is 13.9. The zero-order valence-electron chi connectivity index (χ0n) is 24.1. The highest BCUT2D eigenvalue weighted by molar-refractivity contribution is 5.76. The van der Waals surface area contributed by atoms with Gasteiger partial charge >= 0.3 is 11.9 Å². The van der Waals surface area contributed by atoms with E-state index in [0.717, 1.165) is 64.2 Å². The Kier molecular flexibility index (Phi) is 6.30. The third-order valence-corrected chi connectivity index (χ3v) is 13.9. The molecule has 5 rings (SSSR count). The molecule has 11 atom stereocenters. The van der Waals surface area contributed by atoms with Crippen molar-refractivity contribution in [2.45, 2.75) is 112 Å². The fourth-order valence-electron chi connectivity index (χ4n) is 11.8. The lowest BCUT2D eigenvalue weighted by Gasteiger charge is -2.72. The summed E-state index contributed by atoms with van der Waals surface area (Å²) in [6.45, 7) is 17.9. The number of hydrogen-bond acceptors (Lipinski definition) is 4. The van der Waals surface area contributed by atoms with Crippen molar-refractivity contribution in [2.75, 3.05) is 6.61 Å². The van der Waals surface area contributed by atoms with Crippen LogP contribution in [-0.2, 0) is 14.3 Å². The Labute approximate surface area is 223 Å². The zero-order valence-corrected chi connectivity index (χ0v) is 24.1. The van der Waals surface area contributed by atoms with E-state index in [1.165, 1.54) is 12.5 Å². The molecular formula is C32H50O5. The summed E-state index contributed by atoms with van der Waals surface area (Å²) in [4.78, 5) is 24.6. The van der Waals surface area contributed by atoms with Crippen LogP contribution in [0.1, 0.15) is 106 Å². The molecule has 0 aliphatic heterocycles. The maximum Gasteiger partial charge on any atom is 0.309 e. The Balaban J connectivity index is 1.53. The summed E-state index contributed by atoms with van der Waals surface area (Å²) in [6, 6.07) is 0. The van der Waals surface area contributed by atoms with Gasteiger partial charge in [-0.15, -0.1) is 0 Å². The van der Waals surface area contributed by atoms with Gasteiger partial charge in [0.25, 0.3) is 0 Å². The number of aliphatic hydroxyl groups excluding tert-OH is 1. The second-order valence-electron chi connectivity index (χ2n) is 15.0. The number of fused-ring (bicyclic) bond motifs is 7. The average molecular weight is 515 g/mol. The van der Waals surface area contributed by atoms with Gasteiger partial charge in [-0.05, 0) is 117 Å². The molecule has 5 nitrogen and oxygen atoms in total. The Bertz CT molecular complexity index is 990. The number of ether oxygens (including phenoxy) is 1. The highest BCUT2D eigenvalue weighted by atomic mass is 16.5. The van der Waals surface area contributed by atoms with Gasteiger partial charge in [-0.3, -0.25) is 9.59 Å². The van der Waals surface area contributed by atoms with Gasteiger partial charge in [0.05, 0.1) is 18.1 Å². The number of carbonyl (C=O) groups excluding carboxylic acids is 1. The molecule has 0 aromatic carbocycles. The fraction of sp³-hybridized carbons (Fsp3) is 0.875. The average Bonchev–Trinajstić information content (AvgIpc) is 3.22. The normalized spacial score (nSPS) is 52.7. The Morgan fingerprint density at radius 3 is 2.19 bits per heavy atom. The van der Waals surface area contributed by atoms with Crippen LogP contribution in [0, 0.1) is 56.7 Å². The highest BCUT2D eigenvalue weighted by Gasteiger charge is 2.72. The molecule has 5 saturated carbocycles. The molecule has 5 fully saturated rings. The molecule has 0 bridgehead atoms. The monoisotopic (exact) mass is 514 g/mol. The highest BCUT2D eigenvalue weighted by Crippen LogP contribution is 2.77. The second-order valence-corrected chi connectivity index (χ2v) is 15.0. The van der Waals surface area contributed by atoms with Crippen molar-refractivity contribution in [2.24, 2.45) is 56.7 Å². The van der Waals surface area contributed by atoms with Crippen molar-refractivity contribution in [3.63, 3.8) is 0 Å². The van der Waals surface area contributed by atoms with Crippen LogP contribution in [0.3, 0.4) is 0 Å². The van der Waals surface area contributed by atoms with Crippen LogP contribution in [0.4, 0.5) is 0 Å². The minimum Gasteiger partial charge on any atom is -0.481 e. The molecule has 208 valence electrons. The number of allylic oxidation sites excluding steroid dienone is 1. The van der Waals surface area contributed by atoms with Gasteiger partial charge in [0.2, 0.25) is 0 Å². The lowest BCUT2D eigenvalue weighted by atomic mass is 9.32. The van der Waals surface area contributed by atoms with E-state index < -0.39 is 22.9 Å². The molecule has 37 heavy (non-hydrogen) atoms. The van der Waals surface area contributed by atoms with Crippen LogP contribution < -0.4 is 0 Å². The Morgan fingerprint density at radius 1 is 0.865 bits per heavy atom. The number of rotatable bonds is 4. The first-order chi connectivity index (χ1) is 17.2. The predicted molar refractivity (Wildman–Crippen MR) is 144 cm³/mol. The number of hydrogen-bond donors (Lipinski definition) is 2. The minimum absolute atomic E-state index is 0.0693. The first kappa shape index (κ1) is 27.2. The summed E-state index contributed by atoms with van der Waals surface area (Å²) in [5.41, 5.74) is 0.435. The Hall–Kier alpha value is -1.36. The van der Waals surface area contributed by atoms with Crippen molar-refractivity contribution < 1.29 is 24.5 Å². The lowest BCUT2D eigenvalue weighted by molar-refractivity contribution is -0.255. The molecule has 0 aromatic rings. The smallest absolute Gasteiger partial charge is 0.309 e. The van der Waals surface area contributed by atoms with Crippen LogP contribution in [0.15, 0.2) is 12.2 Å². The first-order valence-corrected chi connectivity index (χ1v) is 14.9. The van der Waals surface area contributed by atoms with E-state index in [1.807, 2.05) is 0 Å². The topological polar surface area (TPSA) is 83.8 Å². The number of aliphatic carboxylic acids is 1. The predicted octanol–water partition coefficient (Wildman–Crippen LogP) is 6.63. The SMILES string of the molecule is C=C(C)[C@@H]1CC[C@]2(C(=O)O)CC[C@]3(C)[C@H](CC[C@@H]4[C@@]5(C)CCC(O)C(C)(COC(C)=O)[C@@H]5CC[C@]43C)[C@@H]12. The van der Waals surface area contributed by atoms with Gasteiger partial charge in [-0.2, -0.15) is 0 Å². The summed E-state index contributed by atoms with van der Waals surface area (Å²) in [5, 5.41) is 21.7. The van der Waals surface area contributed by atoms with Gasteiger partial charge < -0.3 is 14.9 Å². The molecule has 2 N–H and O–H groups in total. The van der Waals surface area contributed by atoms with Crippen molar-refractivity contribution in [3.8, 4) is 0 Å². The molecule has 0 heterocycles. The molecule has 2 unspecified atom stereocenters. The lowest BCUT2D eigenvalue weighted by Crippen LogP contribution is -2.67. The Morgan fingerprint density at radius 2 is 1.57 bits per heavy atom. The summed E-state index contributed by atoms with van der Waals surface area (Å²) in [7, 11) is 0. The minimum atomic E-state index is -0.588. The molecule has 0 aromatic heterocycles. The summed E-state index contributed by atoms with van der Waals surface area (Å²) < 4.78 is 5.57. The number of aliphatic hydroxyl groups is 1. The second kappa shape index (κ2) is 8.57. The van der Waals surface area contributed by atoms with E-state index in [4.69, 9.17) is 4.74 Å². The summed E-state index contributed by atoms with van der Waals surface area (Å²) in [6.07, 6.45) is 9.17. The van der Waals surface area contributed by atoms with Crippen molar-refractivity contribution in [3.05, 3.63) is 12.2 Å². The van der Waals surface area contributed by atoms with E-state index in [9.17, 15) is 19.8 Å². The summed E-state index contributed by atoms with van der Waals surface area (Å²) >= 11 is 0. The van der Waals surface area contributed by atoms with Crippen LogP contribution in [-0.4, -0.2) is 34.9 Å². The third kappa shape index (κ3) is 3.44. The molecule has 0 radical (unpaired) electrons. The van der Waals surface area contributed by atoms with Crippen molar-refractivity contribution >= 4 is 11.9 Å². The standard InChI is InChI=1S/C32H50O5/c1-19(2)21-10-15-32(27(35)36)17-16-30(6)22(26(21)32)8-9-24-28(4)13-12-25(34)29(5,18-37-20(3)33)23(28)11-14-31(24,30)7/h21-26,34H,1,8-18H2,2-7H3,(H,35,36)/t21-,22+,23+,24+,25?,26+,28-,29?,30+,31+,32-/m0/s1. The molecule has 5 heteroatoms. The molecule has 0 amide bonds. The maximum absolute atomic E-state index is 12.8. The zero-order chi connectivity index (χ0) is 27.2. The molecule has 0 saturated heterocycles. The van der Waals surface area contributed by atoms with Crippen molar-refractivity contribution in [1.29, 1.82) is 0 Å². The van der Waals surface area contributed by atoms with Gasteiger partial charge in [-0.25, -0.2) is 0 Å². The number of carbonyl (C=O) groups is 2. The first-order valence-electron chi connectivity index (χ1n) is 14.9. The largest absolute Gasteiger partial charge is 0.481 e. The van der Waals surface area contributed by atoms with Gasteiger partial charge in [0.1, 0.15) is 0 Å². The maximum atomic E-state index is 12.8. The van der Waals surface area contributed by atoms with Crippen LogP contribution in [0.2, 0.25) is 0 Å². The van der Waals surface area contributed by atoms with E-state index in [1.54, 1.807) is 0 Å². The number of esters is 1. The van der Waals surface area contributed by atoms with E-state index in [0.29, 0.717) is 23.7 Å². The van der Waals surface area contributed by atoms with E-state index in [2.05, 4.69) is 41.2 Å². The van der Waals surface area contributed by atoms with Gasteiger partial charge in [0.15, 0.2) is 0 Å². The van der Waals surface area contributed by atoms with Crippen molar-refractivity contribution in [1.82, 2.24) is 0 Å². The fourth-order valence-corrected chi connectivity index (χ4v) is 11.8. The molecule has 5 aliphatic carbocycles. The summed E-state index contributed by atoms with van der Waals surface area (Å²) in [5.74, 6) is 0.876. The molecular weight excluding hydrogens is 464 g/mol. The van der Waals surface area contributed by atoms with E-state index in [-0.39, 0.29) is 34.7 Å². The van der Waals surface area contributed by atoms with E-state index >= 15 is 0 Å². The van der Waals surface area contributed by atoms with Crippen LogP contribution in [0.25, 0.3) is 0 Å². The number of carboxylic acids is 1. The quantitative estimate of drug-likeness (QED) is 0.325. The van der Waals surface area contributed by atoms with Crippen LogP contribution in [0.5, 0.6) is 0 Å². The van der Waals surface area contributed by atoms with Crippen LogP contribution >= 0.6 is 0 Å². The molecule has 0 spiro atoms.